The van der Waals surface area contributed by atoms with Gasteiger partial charge in [0.25, 0.3) is 0 Å². The molecule has 2 saturated heterocycles. The normalized spacial score (nSPS) is 22.2. The average Bonchev–Trinajstić information content (AvgIpc) is 3.28. The Labute approximate surface area is 172 Å². The fourth-order valence-electron chi connectivity index (χ4n) is 3.02. The van der Waals surface area contributed by atoms with Gasteiger partial charge in [-0.3, -0.25) is 4.99 Å². The van der Waals surface area contributed by atoms with E-state index >= 15 is 0 Å². The maximum absolute atomic E-state index is 6.13. The third kappa shape index (κ3) is 6.40. The molecule has 2 aliphatic heterocycles. The summed E-state index contributed by atoms with van der Waals surface area (Å²) in [5.74, 6) is 1.34. The Morgan fingerprint density at radius 2 is 2.08 bits per heavy atom. The van der Waals surface area contributed by atoms with Crippen LogP contribution in [0.15, 0.2) is 27.8 Å². The minimum absolute atomic E-state index is 0. The van der Waals surface area contributed by atoms with Gasteiger partial charge in [-0.25, -0.2) is 0 Å². The lowest BCUT2D eigenvalue weighted by Crippen LogP contribution is -2.40. The summed E-state index contributed by atoms with van der Waals surface area (Å²) in [6, 6.07) is 3.89. The van der Waals surface area contributed by atoms with E-state index < -0.39 is 5.79 Å². The van der Waals surface area contributed by atoms with Crippen LogP contribution in [0.4, 0.5) is 0 Å². The van der Waals surface area contributed by atoms with E-state index in [1.807, 2.05) is 12.1 Å². The number of hydrogen-bond donors (Lipinski definition) is 2. The molecule has 0 bridgehead atoms. The number of furan rings is 1. The highest BCUT2D eigenvalue weighted by Gasteiger charge is 2.42. The van der Waals surface area contributed by atoms with E-state index in [-0.39, 0.29) is 30.1 Å². The third-order valence-electron chi connectivity index (χ3n) is 4.41. The van der Waals surface area contributed by atoms with Gasteiger partial charge in [-0.15, -0.1) is 24.0 Å². The molecule has 2 N–H and O–H groups in total. The molecule has 2 fully saturated rings. The van der Waals surface area contributed by atoms with Crippen molar-refractivity contribution in [3.63, 3.8) is 0 Å². The van der Waals surface area contributed by atoms with Gasteiger partial charge in [-0.05, 0) is 18.6 Å². The zero-order valence-electron chi connectivity index (χ0n) is 15.4. The van der Waals surface area contributed by atoms with Crippen molar-refractivity contribution in [3.8, 4) is 0 Å². The number of ether oxygens (including phenoxy) is 3. The number of hydrogen-bond acceptors (Lipinski definition) is 5. The van der Waals surface area contributed by atoms with Crippen LogP contribution < -0.4 is 10.6 Å². The molecule has 0 saturated carbocycles. The first kappa shape index (κ1) is 21.5. The van der Waals surface area contributed by atoms with Crippen LogP contribution in [0.1, 0.15) is 31.9 Å². The Hall–Kier alpha value is -0.840. The molecule has 1 atom stereocenters. The molecule has 26 heavy (non-hydrogen) atoms. The summed E-state index contributed by atoms with van der Waals surface area (Å²) >= 11 is 0. The van der Waals surface area contributed by atoms with Crippen LogP contribution in [0.3, 0.4) is 0 Å². The van der Waals surface area contributed by atoms with Crippen LogP contribution in [0.2, 0.25) is 0 Å². The van der Waals surface area contributed by atoms with Crippen LogP contribution in [-0.2, 0) is 20.6 Å². The maximum atomic E-state index is 6.13. The number of nitrogens with zero attached hydrogens (tertiary/aromatic N) is 1. The number of aliphatic imine (C=N–C) groups is 1. The van der Waals surface area contributed by atoms with E-state index in [1.165, 1.54) is 0 Å². The maximum Gasteiger partial charge on any atom is 0.191 e. The lowest BCUT2D eigenvalue weighted by molar-refractivity contribution is -0.210. The lowest BCUT2D eigenvalue weighted by atomic mass is 10.1. The summed E-state index contributed by atoms with van der Waals surface area (Å²) in [5.41, 5.74) is 0. The standard InChI is InChI=1S/C18H29N3O4.HI/c1-2-8-19-17(20-9-5-15-4-3-10-23-15)21-13-16-14-24-18(25-16)6-11-22-12-7-18;/h3-4,10,16H,2,5-9,11-14H2,1H3,(H2,19,20,21);1H. The Bertz CT molecular complexity index is 533. The smallest absolute Gasteiger partial charge is 0.191 e. The number of halogens is 1. The minimum Gasteiger partial charge on any atom is -0.469 e. The van der Waals surface area contributed by atoms with Crippen LogP contribution in [0.5, 0.6) is 0 Å². The molecule has 1 aromatic rings. The van der Waals surface area contributed by atoms with E-state index in [1.54, 1.807) is 6.26 Å². The highest BCUT2D eigenvalue weighted by Crippen LogP contribution is 2.33. The van der Waals surface area contributed by atoms with Crippen molar-refractivity contribution in [1.29, 1.82) is 0 Å². The van der Waals surface area contributed by atoms with Crippen molar-refractivity contribution in [2.75, 3.05) is 39.5 Å². The predicted molar refractivity (Wildman–Crippen MR) is 110 cm³/mol. The molecule has 0 radical (unpaired) electrons. The number of nitrogens with one attached hydrogen (secondary N) is 2. The van der Waals surface area contributed by atoms with Crippen molar-refractivity contribution < 1.29 is 18.6 Å². The van der Waals surface area contributed by atoms with Crippen LogP contribution in [0.25, 0.3) is 0 Å². The fourth-order valence-corrected chi connectivity index (χ4v) is 3.02. The Morgan fingerprint density at radius 1 is 1.27 bits per heavy atom. The summed E-state index contributed by atoms with van der Waals surface area (Å²) in [4.78, 5) is 4.67. The largest absolute Gasteiger partial charge is 0.469 e. The number of guanidine groups is 1. The zero-order valence-corrected chi connectivity index (χ0v) is 17.7. The molecule has 3 rings (SSSR count). The van der Waals surface area contributed by atoms with Gasteiger partial charge in [-0.2, -0.15) is 0 Å². The molecule has 1 aromatic heterocycles. The van der Waals surface area contributed by atoms with Gasteiger partial charge in [0, 0.05) is 32.4 Å². The van der Waals surface area contributed by atoms with Crippen molar-refractivity contribution in [3.05, 3.63) is 24.2 Å². The minimum atomic E-state index is -0.442. The van der Waals surface area contributed by atoms with Gasteiger partial charge in [-0.1, -0.05) is 6.92 Å². The zero-order chi connectivity index (χ0) is 17.4. The molecule has 1 spiro atoms. The average molecular weight is 479 g/mol. The van der Waals surface area contributed by atoms with Crippen LogP contribution in [0, 0.1) is 0 Å². The molecular formula is C18H30IN3O4. The van der Waals surface area contributed by atoms with Crippen molar-refractivity contribution in [2.45, 2.75) is 44.5 Å². The first-order valence-electron chi connectivity index (χ1n) is 9.24. The Morgan fingerprint density at radius 3 is 2.81 bits per heavy atom. The van der Waals surface area contributed by atoms with Crippen molar-refractivity contribution >= 4 is 29.9 Å². The van der Waals surface area contributed by atoms with Gasteiger partial charge < -0.3 is 29.3 Å². The number of rotatable bonds is 7. The molecule has 0 aromatic carbocycles. The van der Waals surface area contributed by atoms with Gasteiger partial charge in [0.05, 0.1) is 32.6 Å². The summed E-state index contributed by atoms with van der Waals surface area (Å²) in [6.45, 7) is 6.37. The highest BCUT2D eigenvalue weighted by molar-refractivity contribution is 14.0. The molecular weight excluding hydrogens is 449 g/mol. The van der Waals surface area contributed by atoms with E-state index in [0.717, 1.165) is 50.5 Å². The molecule has 148 valence electrons. The van der Waals surface area contributed by atoms with E-state index in [9.17, 15) is 0 Å². The molecule has 3 heterocycles. The summed E-state index contributed by atoms with van der Waals surface area (Å²) in [7, 11) is 0. The topological polar surface area (TPSA) is 77.3 Å². The predicted octanol–water partition coefficient (Wildman–Crippen LogP) is 2.31. The third-order valence-corrected chi connectivity index (χ3v) is 4.41. The lowest BCUT2D eigenvalue weighted by Gasteiger charge is -2.31. The molecule has 1 unspecified atom stereocenters. The summed E-state index contributed by atoms with van der Waals surface area (Å²) < 4.78 is 22.8. The molecule has 0 aliphatic carbocycles. The van der Waals surface area contributed by atoms with Crippen LogP contribution >= 0.6 is 24.0 Å². The van der Waals surface area contributed by atoms with Gasteiger partial charge in [0.15, 0.2) is 11.7 Å². The highest BCUT2D eigenvalue weighted by atomic mass is 127. The van der Waals surface area contributed by atoms with Gasteiger partial charge >= 0.3 is 0 Å². The quantitative estimate of drug-likeness (QED) is 0.355. The van der Waals surface area contributed by atoms with Crippen LogP contribution in [-0.4, -0.2) is 57.3 Å². The summed E-state index contributed by atoms with van der Waals surface area (Å²) in [5, 5.41) is 6.69. The first-order valence-corrected chi connectivity index (χ1v) is 9.24. The fraction of sp³-hybridized carbons (Fsp3) is 0.722. The molecule has 2 aliphatic rings. The second-order valence-electron chi connectivity index (χ2n) is 6.45. The van der Waals surface area contributed by atoms with Gasteiger partial charge in [0.2, 0.25) is 0 Å². The molecule has 0 amide bonds. The van der Waals surface area contributed by atoms with E-state index in [2.05, 4.69) is 22.5 Å². The summed E-state index contributed by atoms with van der Waals surface area (Å²) in [6.07, 6.45) is 5.18. The monoisotopic (exact) mass is 479 g/mol. The Balaban J connectivity index is 0.00000243. The second-order valence-corrected chi connectivity index (χ2v) is 6.45. The van der Waals surface area contributed by atoms with E-state index in [4.69, 9.17) is 18.6 Å². The SMILES string of the molecule is CCCNC(=NCC1COC2(CCOCC2)O1)NCCc1ccco1.I. The Kier molecular flexibility index (Phi) is 9.17. The van der Waals surface area contributed by atoms with Gasteiger partial charge in [0.1, 0.15) is 11.9 Å². The van der Waals surface area contributed by atoms with E-state index in [0.29, 0.717) is 26.4 Å². The molecule has 8 heteroatoms. The van der Waals surface area contributed by atoms with Crippen molar-refractivity contribution in [2.24, 2.45) is 4.99 Å². The molecule has 7 nitrogen and oxygen atoms in total. The second kappa shape index (κ2) is 11.1. The first-order chi connectivity index (χ1) is 12.3. The van der Waals surface area contributed by atoms with Crippen molar-refractivity contribution in [1.82, 2.24) is 10.6 Å².